The Bertz CT molecular complexity index is 776. The maximum atomic E-state index is 12.5. The topological polar surface area (TPSA) is 159 Å². The molecule has 1 aliphatic heterocycles. The van der Waals surface area contributed by atoms with Crippen molar-refractivity contribution in [3.8, 4) is 0 Å². The summed E-state index contributed by atoms with van der Waals surface area (Å²) in [6.07, 6.45) is 0. The number of aliphatic hydroxyl groups is 1. The Labute approximate surface area is 156 Å². The number of aromatic nitrogens is 1. The van der Waals surface area contributed by atoms with E-state index in [0.29, 0.717) is 11.3 Å². The van der Waals surface area contributed by atoms with E-state index in [1.54, 1.807) is 5.38 Å². The minimum atomic E-state index is -1.21. The van der Waals surface area contributed by atoms with E-state index in [4.69, 9.17) is 10.8 Å². The Hall–Kier alpha value is -2.44. The predicted octanol–water partition coefficient (Wildman–Crippen LogP) is -0.292. The van der Waals surface area contributed by atoms with Crippen LogP contribution in [0.4, 0.5) is 5.13 Å². The number of rotatable bonds is 7. The maximum Gasteiger partial charge on any atom is 0.354 e. The molecule has 0 fully saturated rings. The minimum absolute atomic E-state index is 0.119. The van der Waals surface area contributed by atoms with E-state index in [-0.39, 0.29) is 22.2 Å². The number of amides is 1. The molecule has 26 heavy (non-hydrogen) atoms. The number of carboxylic acid groups (broad SMARTS) is 1. The van der Waals surface area contributed by atoms with Crippen LogP contribution in [0.1, 0.15) is 5.69 Å². The molecule has 0 unspecified atom stereocenters. The van der Waals surface area contributed by atoms with E-state index >= 15 is 0 Å². The molecule has 0 spiro atoms. The van der Waals surface area contributed by atoms with Crippen molar-refractivity contribution >= 4 is 51.5 Å². The second-order valence-electron chi connectivity index (χ2n) is 5.04. The Balaban J connectivity index is 2.20. The second kappa shape index (κ2) is 8.78. The molecule has 5 N–H and O–H groups in total. The maximum absolute atomic E-state index is 12.5. The molecule has 1 aromatic rings. The van der Waals surface area contributed by atoms with Crippen molar-refractivity contribution < 1.29 is 24.6 Å². The zero-order valence-corrected chi connectivity index (χ0v) is 15.3. The average molecular weight is 399 g/mol. The highest BCUT2D eigenvalue weighted by Gasteiger charge is 2.31. The molecule has 0 bridgehead atoms. The molecule has 2 heterocycles. The summed E-state index contributed by atoms with van der Waals surface area (Å²) in [7, 11) is 1.28. The molecule has 0 aromatic carbocycles. The summed E-state index contributed by atoms with van der Waals surface area (Å²) in [4.78, 5) is 36.5. The molecule has 0 aliphatic carbocycles. The van der Waals surface area contributed by atoms with E-state index in [9.17, 15) is 14.7 Å². The van der Waals surface area contributed by atoms with Crippen LogP contribution in [0.3, 0.4) is 0 Å². The minimum Gasteiger partial charge on any atom is -0.477 e. The fourth-order valence-electron chi connectivity index (χ4n) is 2.06. The average Bonchev–Trinajstić information content (AvgIpc) is 3.03. The quantitative estimate of drug-likeness (QED) is 0.359. The van der Waals surface area contributed by atoms with Crippen molar-refractivity contribution in [2.45, 2.75) is 11.4 Å². The first-order chi connectivity index (χ1) is 12.4. The number of carbonyl (C=O) groups is 2. The van der Waals surface area contributed by atoms with Crippen molar-refractivity contribution in [3.05, 3.63) is 23.2 Å². The highest BCUT2D eigenvalue weighted by atomic mass is 32.2. The first kappa shape index (κ1) is 19.9. The first-order valence-corrected chi connectivity index (χ1v) is 9.15. The molecule has 10 nitrogen and oxygen atoms in total. The van der Waals surface area contributed by atoms with Gasteiger partial charge >= 0.3 is 5.97 Å². The molecule has 0 saturated carbocycles. The lowest BCUT2D eigenvalue weighted by atomic mass is 10.2. The van der Waals surface area contributed by atoms with Crippen molar-refractivity contribution in [2.24, 2.45) is 10.1 Å². The predicted molar refractivity (Wildman–Crippen MR) is 99.5 cm³/mol. The third kappa shape index (κ3) is 4.59. The number of hydrogen-bond acceptors (Lipinski definition) is 10. The standard InChI is InChI=1S/C14H17N5O5S2/c1-6-4-25-12(18-9(6)13(22)23)7(3-20)16-11(21)10(19-24-2)8-5-26-14(15)17-8/h5,7,12,20H,1,3-4H2,2H3,(H2,15,17)(H,16,21)(H,22,23)/b19-10-/t7-,12+/m0/s1. The zero-order chi connectivity index (χ0) is 19.3. The van der Waals surface area contributed by atoms with Crippen molar-refractivity contribution in [2.75, 3.05) is 25.2 Å². The lowest BCUT2D eigenvalue weighted by Gasteiger charge is -2.27. The Morgan fingerprint density at radius 3 is 2.88 bits per heavy atom. The summed E-state index contributed by atoms with van der Waals surface area (Å²) < 4.78 is 0. The summed E-state index contributed by atoms with van der Waals surface area (Å²) in [5, 5.41) is 26.1. The highest BCUT2D eigenvalue weighted by molar-refractivity contribution is 8.00. The fraction of sp³-hybridized carbons (Fsp3) is 0.357. The molecular weight excluding hydrogens is 382 g/mol. The Morgan fingerprint density at radius 1 is 1.62 bits per heavy atom. The monoisotopic (exact) mass is 399 g/mol. The number of hydrogen-bond donors (Lipinski definition) is 4. The van der Waals surface area contributed by atoms with Crippen LogP contribution in [0.25, 0.3) is 0 Å². The van der Waals surface area contributed by atoms with Crippen LogP contribution in [-0.4, -0.2) is 69.4 Å². The van der Waals surface area contributed by atoms with E-state index in [1.807, 2.05) is 0 Å². The normalized spacial score (nSPS) is 18.8. The number of nitrogens with two attached hydrogens (primary N) is 1. The number of oxime groups is 1. The first-order valence-electron chi connectivity index (χ1n) is 7.22. The van der Waals surface area contributed by atoms with Crippen LogP contribution in [0.5, 0.6) is 0 Å². The zero-order valence-electron chi connectivity index (χ0n) is 13.7. The molecule has 1 aliphatic rings. The van der Waals surface area contributed by atoms with Crippen LogP contribution in [0.2, 0.25) is 0 Å². The summed E-state index contributed by atoms with van der Waals surface area (Å²) in [5.41, 5.74) is 5.88. The summed E-state index contributed by atoms with van der Waals surface area (Å²) in [5.74, 6) is -1.54. The number of carboxylic acids is 1. The molecule has 2 rings (SSSR count). The largest absolute Gasteiger partial charge is 0.477 e. The number of aliphatic hydroxyl groups excluding tert-OH is 1. The summed E-state index contributed by atoms with van der Waals surface area (Å²) in [6, 6.07) is -0.840. The van der Waals surface area contributed by atoms with Gasteiger partial charge in [-0.3, -0.25) is 9.79 Å². The van der Waals surface area contributed by atoms with Gasteiger partial charge in [-0.15, -0.1) is 23.1 Å². The summed E-state index contributed by atoms with van der Waals surface area (Å²) in [6.45, 7) is 3.20. The van der Waals surface area contributed by atoms with Crippen molar-refractivity contribution in [1.29, 1.82) is 0 Å². The van der Waals surface area contributed by atoms with Gasteiger partial charge in [-0.25, -0.2) is 9.78 Å². The number of thiazole rings is 1. The molecule has 1 aromatic heterocycles. The van der Waals surface area contributed by atoms with Crippen LogP contribution < -0.4 is 11.1 Å². The van der Waals surface area contributed by atoms with E-state index in [2.05, 4.69) is 31.9 Å². The number of thioether (sulfide) groups is 1. The summed E-state index contributed by atoms with van der Waals surface area (Å²) >= 11 is 2.39. The lowest BCUT2D eigenvalue weighted by Crippen LogP contribution is -2.48. The number of anilines is 1. The van der Waals surface area contributed by atoms with Gasteiger partial charge in [-0.05, 0) is 5.57 Å². The Morgan fingerprint density at radius 2 is 2.35 bits per heavy atom. The van der Waals surface area contributed by atoms with Gasteiger partial charge in [0.1, 0.15) is 23.9 Å². The van der Waals surface area contributed by atoms with Gasteiger partial charge in [-0.2, -0.15) is 0 Å². The third-order valence-electron chi connectivity index (χ3n) is 3.24. The van der Waals surface area contributed by atoms with Crippen molar-refractivity contribution in [1.82, 2.24) is 10.3 Å². The van der Waals surface area contributed by atoms with Gasteiger partial charge in [0.2, 0.25) is 0 Å². The van der Waals surface area contributed by atoms with Gasteiger partial charge in [0.05, 0.1) is 12.6 Å². The van der Waals surface area contributed by atoms with Gasteiger partial charge in [-0.1, -0.05) is 11.7 Å². The number of nitrogens with one attached hydrogen (secondary N) is 1. The number of aliphatic imine (C=N–C) groups is 1. The van der Waals surface area contributed by atoms with Gasteiger partial charge in [0, 0.05) is 11.1 Å². The van der Waals surface area contributed by atoms with E-state index in [1.165, 1.54) is 18.9 Å². The van der Waals surface area contributed by atoms with Crippen LogP contribution in [-0.2, 0) is 14.4 Å². The Kier molecular flexibility index (Phi) is 6.71. The molecular formula is C14H17N5O5S2. The SMILES string of the molecule is C=C1CS[C@H]([C@H](CO)NC(=O)/C(=N\OC)c2csc(N)n2)N=C1C(=O)O. The van der Waals surface area contributed by atoms with Crippen molar-refractivity contribution in [3.63, 3.8) is 0 Å². The van der Waals surface area contributed by atoms with Gasteiger partial charge < -0.3 is 26.1 Å². The highest BCUT2D eigenvalue weighted by Crippen LogP contribution is 2.25. The molecule has 2 atom stereocenters. The van der Waals surface area contributed by atoms with Crippen LogP contribution in [0, 0.1) is 0 Å². The number of nitrogens with zero attached hydrogens (tertiary/aromatic N) is 3. The van der Waals surface area contributed by atoms with Gasteiger partial charge in [0.25, 0.3) is 5.91 Å². The third-order valence-corrected chi connectivity index (χ3v) is 5.21. The lowest BCUT2D eigenvalue weighted by molar-refractivity contribution is -0.129. The van der Waals surface area contributed by atoms with Crippen LogP contribution in [0.15, 0.2) is 27.7 Å². The smallest absolute Gasteiger partial charge is 0.354 e. The molecule has 0 radical (unpaired) electrons. The van der Waals surface area contributed by atoms with Crippen LogP contribution >= 0.6 is 23.1 Å². The fourth-order valence-corrected chi connectivity index (χ4v) is 3.68. The number of aliphatic carboxylic acids is 1. The molecule has 12 heteroatoms. The second-order valence-corrected chi connectivity index (χ2v) is 7.04. The van der Waals surface area contributed by atoms with Gasteiger partial charge in [0.15, 0.2) is 10.8 Å². The molecule has 0 saturated heterocycles. The molecule has 140 valence electrons. The van der Waals surface area contributed by atoms with E-state index in [0.717, 1.165) is 11.3 Å². The number of nitrogen functional groups attached to an aromatic ring is 1. The number of carbonyl (C=O) groups excluding carboxylic acids is 1. The van der Waals surface area contributed by atoms with E-state index < -0.39 is 29.9 Å². The molecule has 1 amide bonds.